The number of piperidine rings is 1. The normalized spacial score (nSPS) is 24.9. The van der Waals surface area contributed by atoms with Crippen molar-refractivity contribution in [3.63, 3.8) is 0 Å². The zero-order valence-corrected chi connectivity index (χ0v) is 12.2. The van der Waals surface area contributed by atoms with E-state index in [1.807, 2.05) is 25.2 Å². The lowest BCUT2D eigenvalue weighted by Crippen LogP contribution is -2.47. The van der Waals surface area contributed by atoms with Gasteiger partial charge in [0.15, 0.2) is 0 Å². The summed E-state index contributed by atoms with van der Waals surface area (Å²) in [4.78, 5) is 2.10. The Kier molecular flexibility index (Phi) is 4.48. The quantitative estimate of drug-likeness (QED) is 0.925. The molecule has 2 atom stereocenters. The highest BCUT2D eigenvalue weighted by Crippen LogP contribution is 2.31. The summed E-state index contributed by atoms with van der Waals surface area (Å²) in [6.45, 7) is 1.59. The average Bonchev–Trinajstić information content (AvgIpc) is 2.34. The van der Waals surface area contributed by atoms with Crippen molar-refractivity contribution in [3.05, 3.63) is 22.7 Å². The van der Waals surface area contributed by atoms with Crippen LogP contribution in [0.2, 0.25) is 0 Å². The minimum absolute atomic E-state index is 0.147. The number of β-amino-alcohol motifs (C(OH)–C–C–N with tert-alkyl or cyclic N) is 1. The number of rotatable bonds is 3. The number of likely N-dealkylation sites (N-methyl/N-ethyl adjacent to an activating group) is 1. The molecule has 0 amide bonds. The number of hydrogen-bond donors (Lipinski definition) is 1. The summed E-state index contributed by atoms with van der Waals surface area (Å²) >= 11 is 3.45. The predicted octanol–water partition coefficient (Wildman–Crippen LogP) is 1.90. The number of methoxy groups -OCH3 is 1. The number of aliphatic hydroxyl groups excluding tert-OH is 1. The first kappa shape index (κ1) is 13.6. The molecule has 4 nitrogen and oxygen atoms in total. The summed E-state index contributed by atoms with van der Waals surface area (Å²) < 4.78 is 11.8. The first-order chi connectivity index (χ1) is 8.60. The smallest absolute Gasteiger partial charge is 0.134 e. The average molecular weight is 316 g/mol. The van der Waals surface area contributed by atoms with Crippen molar-refractivity contribution in [2.75, 3.05) is 27.2 Å². The van der Waals surface area contributed by atoms with E-state index in [1.54, 1.807) is 7.11 Å². The second kappa shape index (κ2) is 5.91. The molecule has 0 radical (unpaired) electrons. The Morgan fingerprint density at radius 1 is 1.44 bits per heavy atom. The molecule has 1 aliphatic rings. The molecule has 0 bridgehead atoms. The second-order valence-corrected chi connectivity index (χ2v) is 5.43. The predicted molar refractivity (Wildman–Crippen MR) is 73.2 cm³/mol. The van der Waals surface area contributed by atoms with Crippen LogP contribution in [0.3, 0.4) is 0 Å². The van der Waals surface area contributed by atoms with E-state index in [1.165, 1.54) is 0 Å². The van der Waals surface area contributed by atoms with Crippen molar-refractivity contribution in [1.29, 1.82) is 0 Å². The zero-order chi connectivity index (χ0) is 13.1. The third-order valence-corrected chi connectivity index (χ3v) is 3.76. The molecule has 1 aromatic rings. The van der Waals surface area contributed by atoms with E-state index < -0.39 is 6.10 Å². The van der Waals surface area contributed by atoms with E-state index >= 15 is 0 Å². The highest BCUT2D eigenvalue weighted by Gasteiger charge is 2.27. The number of aliphatic hydroxyl groups is 1. The molecule has 0 unspecified atom stereocenters. The minimum Gasteiger partial charge on any atom is -0.497 e. The van der Waals surface area contributed by atoms with E-state index in [4.69, 9.17) is 9.47 Å². The van der Waals surface area contributed by atoms with Crippen LogP contribution in [0.5, 0.6) is 11.5 Å². The molecule has 1 fully saturated rings. The van der Waals surface area contributed by atoms with Crippen molar-refractivity contribution >= 4 is 15.9 Å². The fourth-order valence-corrected chi connectivity index (χ4v) is 2.52. The Labute approximate surface area is 116 Å². The Bertz CT molecular complexity index is 413. The van der Waals surface area contributed by atoms with Crippen LogP contribution in [0, 0.1) is 0 Å². The maximum absolute atomic E-state index is 9.99. The molecule has 5 heteroatoms. The Morgan fingerprint density at radius 2 is 2.22 bits per heavy atom. The molecular formula is C13H18BrNO3. The van der Waals surface area contributed by atoms with Gasteiger partial charge in [-0.15, -0.1) is 0 Å². The zero-order valence-electron chi connectivity index (χ0n) is 10.6. The van der Waals surface area contributed by atoms with Gasteiger partial charge in [-0.2, -0.15) is 0 Å². The van der Waals surface area contributed by atoms with E-state index in [-0.39, 0.29) is 6.10 Å². The largest absolute Gasteiger partial charge is 0.497 e. The summed E-state index contributed by atoms with van der Waals surface area (Å²) in [5.41, 5.74) is 0. The number of ether oxygens (including phenoxy) is 2. The van der Waals surface area contributed by atoms with Crippen molar-refractivity contribution < 1.29 is 14.6 Å². The Balaban J connectivity index is 2.05. The molecule has 0 saturated carbocycles. The van der Waals surface area contributed by atoms with Gasteiger partial charge in [0, 0.05) is 13.1 Å². The van der Waals surface area contributed by atoms with Crippen LogP contribution in [-0.4, -0.2) is 49.5 Å². The van der Waals surface area contributed by atoms with Crippen molar-refractivity contribution in [1.82, 2.24) is 4.90 Å². The molecule has 0 aromatic heterocycles. The fraction of sp³-hybridized carbons (Fsp3) is 0.538. The highest BCUT2D eigenvalue weighted by atomic mass is 79.9. The van der Waals surface area contributed by atoms with Crippen molar-refractivity contribution in [2.24, 2.45) is 0 Å². The highest BCUT2D eigenvalue weighted by molar-refractivity contribution is 9.10. The molecule has 2 rings (SSSR count). The van der Waals surface area contributed by atoms with Crippen LogP contribution in [0.15, 0.2) is 22.7 Å². The van der Waals surface area contributed by atoms with Crippen molar-refractivity contribution in [2.45, 2.75) is 18.6 Å². The lowest BCUT2D eigenvalue weighted by atomic mass is 10.1. The summed E-state index contributed by atoms with van der Waals surface area (Å²) in [5.74, 6) is 1.52. The molecule has 1 aliphatic heterocycles. The molecule has 0 spiro atoms. The standard InChI is InChI=1S/C13H18BrNO3/c1-15-6-5-13(11(16)8-15)18-12-4-3-9(17-2)7-10(12)14/h3-4,7,11,13,16H,5-6,8H2,1-2H3/t11-,13-/m1/s1. The summed E-state index contributed by atoms with van der Waals surface area (Å²) in [6, 6.07) is 5.56. The van der Waals surface area contributed by atoms with Gasteiger partial charge in [-0.1, -0.05) is 0 Å². The van der Waals surface area contributed by atoms with Gasteiger partial charge in [0.2, 0.25) is 0 Å². The minimum atomic E-state index is -0.447. The first-order valence-corrected chi connectivity index (χ1v) is 6.76. The lowest BCUT2D eigenvalue weighted by Gasteiger charge is -2.33. The fourth-order valence-electron chi connectivity index (χ4n) is 2.07. The number of likely N-dealkylation sites (tertiary alicyclic amines) is 1. The van der Waals surface area contributed by atoms with Gasteiger partial charge >= 0.3 is 0 Å². The van der Waals surface area contributed by atoms with Crippen LogP contribution in [0.25, 0.3) is 0 Å². The molecule has 1 N–H and O–H groups in total. The number of benzene rings is 1. The Morgan fingerprint density at radius 3 is 2.83 bits per heavy atom. The van der Waals surface area contributed by atoms with Gasteiger partial charge in [-0.3, -0.25) is 0 Å². The summed E-state index contributed by atoms with van der Waals surface area (Å²) in [5, 5.41) is 9.99. The molecule has 0 aliphatic carbocycles. The van der Waals surface area contributed by atoms with E-state index in [0.717, 1.165) is 28.9 Å². The summed E-state index contributed by atoms with van der Waals surface area (Å²) in [6.07, 6.45) is 0.236. The Hall–Kier alpha value is -0.780. The molecule has 100 valence electrons. The molecule has 18 heavy (non-hydrogen) atoms. The maximum Gasteiger partial charge on any atom is 0.134 e. The molecule has 1 aromatic carbocycles. The second-order valence-electron chi connectivity index (χ2n) is 4.57. The van der Waals surface area contributed by atoms with Gasteiger partial charge < -0.3 is 19.5 Å². The van der Waals surface area contributed by atoms with Crippen LogP contribution in [-0.2, 0) is 0 Å². The maximum atomic E-state index is 9.99. The van der Waals surface area contributed by atoms with Gasteiger partial charge in [0.05, 0.1) is 11.6 Å². The van der Waals surface area contributed by atoms with Crippen LogP contribution >= 0.6 is 15.9 Å². The molecule has 1 saturated heterocycles. The molecule has 1 heterocycles. The topological polar surface area (TPSA) is 41.9 Å². The van der Waals surface area contributed by atoms with Crippen LogP contribution < -0.4 is 9.47 Å². The SMILES string of the molecule is COc1ccc(O[C@@H]2CCN(C)C[C@H]2O)c(Br)c1. The monoisotopic (exact) mass is 315 g/mol. The van der Waals surface area contributed by atoms with Crippen LogP contribution in [0.1, 0.15) is 6.42 Å². The van der Waals surface area contributed by atoms with E-state index in [2.05, 4.69) is 20.8 Å². The van der Waals surface area contributed by atoms with Crippen LogP contribution in [0.4, 0.5) is 0 Å². The number of halogens is 1. The number of nitrogens with zero attached hydrogens (tertiary/aromatic N) is 1. The van der Waals surface area contributed by atoms with Gasteiger partial charge in [0.1, 0.15) is 23.7 Å². The van der Waals surface area contributed by atoms with Gasteiger partial charge in [0.25, 0.3) is 0 Å². The van der Waals surface area contributed by atoms with Gasteiger partial charge in [-0.25, -0.2) is 0 Å². The first-order valence-electron chi connectivity index (χ1n) is 5.97. The molecular weight excluding hydrogens is 298 g/mol. The van der Waals surface area contributed by atoms with Gasteiger partial charge in [-0.05, 0) is 47.6 Å². The number of hydrogen-bond acceptors (Lipinski definition) is 4. The lowest BCUT2D eigenvalue weighted by molar-refractivity contribution is -0.0185. The van der Waals surface area contributed by atoms with E-state index in [0.29, 0.717) is 6.54 Å². The third kappa shape index (κ3) is 3.16. The van der Waals surface area contributed by atoms with E-state index in [9.17, 15) is 5.11 Å². The van der Waals surface area contributed by atoms with Crippen molar-refractivity contribution in [3.8, 4) is 11.5 Å². The summed E-state index contributed by atoms with van der Waals surface area (Å²) in [7, 11) is 3.63. The third-order valence-electron chi connectivity index (χ3n) is 3.14.